The summed E-state index contributed by atoms with van der Waals surface area (Å²) in [6.45, 7) is 3.42. The third-order valence-corrected chi connectivity index (χ3v) is 3.47. The second-order valence-electron chi connectivity index (χ2n) is 4.70. The van der Waals surface area contributed by atoms with Crippen LogP contribution in [0.25, 0.3) is 0 Å². The molecule has 0 amide bonds. The van der Waals surface area contributed by atoms with E-state index in [-0.39, 0.29) is 0 Å². The van der Waals surface area contributed by atoms with Gasteiger partial charge in [0.15, 0.2) is 0 Å². The summed E-state index contributed by atoms with van der Waals surface area (Å²) >= 11 is 3.57. The third-order valence-electron chi connectivity index (χ3n) is 2.98. The van der Waals surface area contributed by atoms with Crippen molar-refractivity contribution in [1.29, 1.82) is 0 Å². The van der Waals surface area contributed by atoms with Gasteiger partial charge < -0.3 is 9.80 Å². The predicted octanol–water partition coefficient (Wildman–Crippen LogP) is 3.11. The maximum Gasteiger partial charge on any atom is 0.0423 e. The van der Waals surface area contributed by atoms with Gasteiger partial charge in [0, 0.05) is 29.8 Å². The van der Waals surface area contributed by atoms with Gasteiger partial charge in [-0.25, -0.2) is 0 Å². The van der Waals surface area contributed by atoms with Crippen molar-refractivity contribution in [3.05, 3.63) is 28.2 Å². The van der Waals surface area contributed by atoms with Crippen molar-refractivity contribution in [3.8, 4) is 0 Å². The van der Waals surface area contributed by atoms with Gasteiger partial charge in [0.05, 0.1) is 0 Å². The van der Waals surface area contributed by atoms with Gasteiger partial charge in [-0.05, 0) is 44.6 Å². The van der Waals surface area contributed by atoms with E-state index in [1.807, 2.05) is 0 Å². The molecule has 0 aromatic heterocycles. The van der Waals surface area contributed by atoms with Crippen molar-refractivity contribution in [2.24, 2.45) is 0 Å². The van der Waals surface area contributed by atoms with Crippen LogP contribution in [0.5, 0.6) is 0 Å². The van der Waals surface area contributed by atoms with Crippen molar-refractivity contribution >= 4 is 21.6 Å². The Balaban J connectivity index is 2.28. The normalized spacial score (nSPS) is 16.1. The molecule has 0 bridgehead atoms. The molecule has 0 N–H and O–H groups in total. The highest BCUT2D eigenvalue weighted by Gasteiger charge is 2.16. The number of halogens is 1. The second-order valence-corrected chi connectivity index (χ2v) is 5.62. The van der Waals surface area contributed by atoms with E-state index in [2.05, 4.69) is 58.0 Å². The van der Waals surface area contributed by atoms with Crippen molar-refractivity contribution in [1.82, 2.24) is 4.90 Å². The Hall–Kier alpha value is -0.540. The molecule has 1 aliphatic rings. The molecule has 0 atom stereocenters. The molecule has 1 aromatic rings. The number of hydrogen-bond acceptors (Lipinski definition) is 2. The molecule has 3 heteroatoms. The van der Waals surface area contributed by atoms with Crippen LogP contribution in [0, 0.1) is 0 Å². The maximum atomic E-state index is 3.57. The van der Waals surface area contributed by atoms with Crippen LogP contribution in [-0.4, -0.2) is 32.1 Å². The molecule has 1 heterocycles. The van der Waals surface area contributed by atoms with Crippen molar-refractivity contribution < 1.29 is 0 Å². The molecule has 0 spiro atoms. The van der Waals surface area contributed by atoms with Crippen LogP contribution in [0.1, 0.15) is 18.4 Å². The summed E-state index contributed by atoms with van der Waals surface area (Å²) in [6.07, 6.45) is 2.65. The van der Waals surface area contributed by atoms with Crippen LogP contribution >= 0.6 is 15.9 Å². The molecule has 0 unspecified atom stereocenters. The smallest absolute Gasteiger partial charge is 0.0423 e. The lowest BCUT2D eigenvalue weighted by Gasteiger charge is -2.23. The average molecular weight is 283 g/mol. The van der Waals surface area contributed by atoms with Crippen LogP contribution in [0.4, 0.5) is 5.69 Å². The van der Waals surface area contributed by atoms with Gasteiger partial charge in [-0.1, -0.05) is 22.0 Å². The summed E-state index contributed by atoms with van der Waals surface area (Å²) in [5.41, 5.74) is 2.83. The zero-order valence-corrected chi connectivity index (χ0v) is 11.6. The number of rotatable bonds is 3. The first kappa shape index (κ1) is 11.9. The highest BCUT2D eigenvalue weighted by molar-refractivity contribution is 9.10. The Morgan fingerprint density at radius 2 is 1.94 bits per heavy atom. The molecule has 1 aromatic carbocycles. The van der Waals surface area contributed by atoms with E-state index >= 15 is 0 Å². The molecule has 2 nitrogen and oxygen atoms in total. The van der Waals surface area contributed by atoms with Crippen LogP contribution < -0.4 is 4.90 Å². The van der Waals surface area contributed by atoms with E-state index in [9.17, 15) is 0 Å². The van der Waals surface area contributed by atoms with Gasteiger partial charge in [-0.3, -0.25) is 0 Å². The Bertz CT molecular complexity index is 357. The monoisotopic (exact) mass is 282 g/mol. The van der Waals surface area contributed by atoms with E-state index < -0.39 is 0 Å². The van der Waals surface area contributed by atoms with Gasteiger partial charge in [-0.2, -0.15) is 0 Å². The molecule has 0 saturated carbocycles. The van der Waals surface area contributed by atoms with Gasteiger partial charge >= 0.3 is 0 Å². The Morgan fingerprint density at radius 1 is 1.25 bits per heavy atom. The molecule has 88 valence electrons. The summed E-state index contributed by atoms with van der Waals surface area (Å²) in [7, 11) is 4.24. The first-order valence-electron chi connectivity index (χ1n) is 5.85. The van der Waals surface area contributed by atoms with E-state index in [1.54, 1.807) is 0 Å². The fourth-order valence-electron chi connectivity index (χ4n) is 2.26. The fourth-order valence-corrected chi connectivity index (χ4v) is 2.61. The van der Waals surface area contributed by atoms with E-state index in [4.69, 9.17) is 0 Å². The van der Waals surface area contributed by atoms with Gasteiger partial charge in [0.1, 0.15) is 0 Å². The molecular formula is C13H19BrN2. The zero-order chi connectivity index (χ0) is 11.5. The summed E-state index contributed by atoms with van der Waals surface area (Å²) in [5.74, 6) is 0. The van der Waals surface area contributed by atoms with E-state index in [0.29, 0.717) is 0 Å². The third kappa shape index (κ3) is 2.77. The Kier molecular flexibility index (Phi) is 3.87. The van der Waals surface area contributed by atoms with Crippen LogP contribution in [0.3, 0.4) is 0 Å². The van der Waals surface area contributed by atoms with Crippen molar-refractivity contribution in [3.63, 3.8) is 0 Å². The molecule has 0 aliphatic carbocycles. The molecule has 16 heavy (non-hydrogen) atoms. The van der Waals surface area contributed by atoms with Gasteiger partial charge in [-0.15, -0.1) is 0 Å². The minimum atomic E-state index is 1.01. The molecule has 1 fully saturated rings. The predicted molar refractivity (Wildman–Crippen MR) is 73.0 cm³/mol. The lowest BCUT2D eigenvalue weighted by atomic mass is 10.1. The molecule has 1 aliphatic heterocycles. The van der Waals surface area contributed by atoms with E-state index in [0.717, 1.165) is 6.54 Å². The highest BCUT2D eigenvalue weighted by Crippen LogP contribution is 2.28. The molecule has 2 rings (SSSR count). The summed E-state index contributed by atoms with van der Waals surface area (Å²) in [4.78, 5) is 4.73. The summed E-state index contributed by atoms with van der Waals surface area (Å²) < 4.78 is 1.18. The average Bonchev–Trinajstić information content (AvgIpc) is 2.73. The lowest BCUT2D eigenvalue weighted by Crippen LogP contribution is -2.21. The zero-order valence-electron chi connectivity index (χ0n) is 10.0. The number of anilines is 1. The molecule has 0 radical (unpaired) electrons. The fraction of sp³-hybridized carbons (Fsp3) is 0.538. The van der Waals surface area contributed by atoms with Crippen molar-refractivity contribution in [2.75, 3.05) is 32.1 Å². The highest BCUT2D eigenvalue weighted by atomic mass is 79.9. The summed E-state index contributed by atoms with van der Waals surface area (Å²) in [5, 5.41) is 0. The number of hydrogen-bond donors (Lipinski definition) is 0. The largest absolute Gasteiger partial charge is 0.371 e. The SMILES string of the molecule is CN(C)Cc1ccc(Br)cc1N1CCCC1. The quantitative estimate of drug-likeness (QED) is 0.841. The summed E-state index contributed by atoms with van der Waals surface area (Å²) in [6, 6.07) is 6.63. The molecular weight excluding hydrogens is 264 g/mol. The Labute approximate surface area is 106 Å². The standard InChI is InChI=1S/C13H19BrN2/c1-15(2)10-11-5-6-12(14)9-13(11)16-7-3-4-8-16/h5-6,9H,3-4,7-8,10H2,1-2H3. The minimum absolute atomic E-state index is 1.01. The van der Waals surface area contributed by atoms with Crippen LogP contribution in [0.2, 0.25) is 0 Å². The Morgan fingerprint density at radius 3 is 2.56 bits per heavy atom. The minimum Gasteiger partial charge on any atom is -0.371 e. The topological polar surface area (TPSA) is 6.48 Å². The van der Waals surface area contributed by atoms with Crippen molar-refractivity contribution in [2.45, 2.75) is 19.4 Å². The maximum absolute atomic E-state index is 3.57. The number of benzene rings is 1. The lowest BCUT2D eigenvalue weighted by molar-refractivity contribution is 0.402. The molecule has 1 saturated heterocycles. The van der Waals surface area contributed by atoms with Gasteiger partial charge in [0.25, 0.3) is 0 Å². The van der Waals surface area contributed by atoms with Crippen LogP contribution in [-0.2, 0) is 6.54 Å². The number of nitrogens with zero attached hydrogens (tertiary/aromatic N) is 2. The second kappa shape index (κ2) is 5.19. The van der Waals surface area contributed by atoms with Gasteiger partial charge in [0.2, 0.25) is 0 Å². The first-order valence-corrected chi connectivity index (χ1v) is 6.64. The van der Waals surface area contributed by atoms with Crippen LogP contribution in [0.15, 0.2) is 22.7 Å². The first-order chi connectivity index (χ1) is 7.66. The van der Waals surface area contributed by atoms with E-state index in [1.165, 1.54) is 41.7 Å².